The molecule has 0 spiro atoms. The van der Waals surface area contributed by atoms with E-state index in [1.165, 1.54) is 205 Å². The van der Waals surface area contributed by atoms with Gasteiger partial charge in [0.1, 0.15) is 11.7 Å². The Bertz CT molecular complexity index is 594. The zero-order valence-electron chi connectivity index (χ0n) is 29.0. The van der Waals surface area contributed by atoms with Crippen LogP contribution >= 0.6 is 0 Å². The maximum absolute atomic E-state index is 12.0. The van der Waals surface area contributed by atoms with Crippen molar-refractivity contribution >= 4 is 5.97 Å². The third kappa shape index (κ3) is 24.6. The highest BCUT2D eigenvalue weighted by atomic mass is 16.6. The lowest BCUT2D eigenvalue weighted by molar-refractivity contribution is -0.157. The van der Waals surface area contributed by atoms with Crippen molar-refractivity contribution in [1.82, 2.24) is 0 Å². The van der Waals surface area contributed by atoms with Crippen molar-refractivity contribution in [1.29, 1.82) is 0 Å². The van der Waals surface area contributed by atoms with Crippen LogP contribution in [0.3, 0.4) is 0 Å². The van der Waals surface area contributed by atoms with Crippen molar-refractivity contribution < 1.29 is 9.53 Å². The summed E-state index contributed by atoms with van der Waals surface area (Å²) < 4.78 is 5.38. The molecule has 0 aromatic rings. The minimum Gasteiger partial charge on any atom is -0.430 e. The SMILES string of the molecule is CCCCCCCCCCCCCCCCCCC=C1OC(=O)C1CCCCCCCCCCCCCCCCCC. The second-order valence-electron chi connectivity index (χ2n) is 13.8. The molecule has 1 saturated heterocycles. The second kappa shape index (κ2) is 31.6. The Hall–Kier alpha value is -0.790. The normalized spacial score (nSPS) is 15.8. The number of cyclic esters (lactones) is 1. The number of hydrogen-bond donors (Lipinski definition) is 0. The van der Waals surface area contributed by atoms with E-state index >= 15 is 0 Å². The molecule has 2 nitrogen and oxygen atoms in total. The average molecular weight is 589 g/mol. The number of hydrogen-bond acceptors (Lipinski definition) is 2. The van der Waals surface area contributed by atoms with Crippen LogP contribution in [0.2, 0.25) is 0 Å². The van der Waals surface area contributed by atoms with E-state index in [9.17, 15) is 4.79 Å². The first-order valence-corrected chi connectivity index (χ1v) is 19.7. The summed E-state index contributed by atoms with van der Waals surface area (Å²) in [6.45, 7) is 4.59. The maximum Gasteiger partial charge on any atom is 0.321 e. The average Bonchev–Trinajstić information content (AvgIpc) is 2.99. The third-order valence-electron chi connectivity index (χ3n) is 9.60. The van der Waals surface area contributed by atoms with Gasteiger partial charge in [0.15, 0.2) is 0 Å². The summed E-state index contributed by atoms with van der Waals surface area (Å²) in [7, 11) is 0. The molecule has 1 aliphatic rings. The molecule has 42 heavy (non-hydrogen) atoms. The molecule has 1 fully saturated rings. The van der Waals surface area contributed by atoms with Gasteiger partial charge in [0.25, 0.3) is 0 Å². The summed E-state index contributed by atoms with van der Waals surface area (Å²) in [5, 5.41) is 0. The highest BCUT2D eigenvalue weighted by molar-refractivity contribution is 5.82. The van der Waals surface area contributed by atoms with Gasteiger partial charge in [0.2, 0.25) is 0 Å². The van der Waals surface area contributed by atoms with E-state index in [4.69, 9.17) is 4.74 Å². The first-order chi connectivity index (χ1) is 20.8. The molecular formula is C40H76O2. The zero-order valence-corrected chi connectivity index (χ0v) is 29.0. The Morgan fingerprint density at radius 2 is 0.714 bits per heavy atom. The molecule has 0 aromatic carbocycles. The number of rotatable bonds is 34. The fourth-order valence-electron chi connectivity index (χ4n) is 6.59. The number of carbonyl (C=O) groups excluding carboxylic acids is 1. The Balaban J connectivity index is 1.82. The van der Waals surface area contributed by atoms with Crippen LogP contribution in [0.15, 0.2) is 11.8 Å². The van der Waals surface area contributed by atoms with Gasteiger partial charge in [-0.15, -0.1) is 0 Å². The molecule has 0 bridgehead atoms. The van der Waals surface area contributed by atoms with E-state index in [1.807, 2.05) is 0 Å². The van der Waals surface area contributed by atoms with E-state index in [0.717, 1.165) is 18.6 Å². The molecule has 0 amide bonds. The number of esters is 1. The topological polar surface area (TPSA) is 26.3 Å². The molecule has 1 aliphatic heterocycles. The summed E-state index contributed by atoms with van der Waals surface area (Å²) in [5.74, 6) is 1.09. The fraction of sp³-hybridized carbons (Fsp3) is 0.925. The Labute approximate surface area is 265 Å². The predicted octanol–water partition coefficient (Wildman–Crippen LogP) is 14.3. The van der Waals surface area contributed by atoms with Crippen molar-refractivity contribution in [2.75, 3.05) is 0 Å². The summed E-state index contributed by atoms with van der Waals surface area (Å²) in [5.41, 5.74) is 0. The molecular weight excluding hydrogens is 512 g/mol. The van der Waals surface area contributed by atoms with Gasteiger partial charge in [-0.25, -0.2) is 0 Å². The van der Waals surface area contributed by atoms with Crippen LogP contribution in [-0.2, 0) is 9.53 Å². The van der Waals surface area contributed by atoms with Crippen molar-refractivity contribution in [3.63, 3.8) is 0 Å². The minimum absolute atomic E-state index is 0.0224. The maximum atomic E-state index is 12.0. The van der Waals surface area contributed by atoms with Crippen molar-refractivity contribution in [2.24, 2.45) is 5.92 Å². The highest BCUT2D eigenvalue weighted by Gasteiger charge is 2.36. The van der Waals surface area contributed by atoms with E-state index in [2.05, 4.69) is 19.9 Å². The Morgan fingerprint density at radius 3 is 1.02 bits per heavy atom. The van der Waals surface area contributed by atoms with Crippen LogP contribution in [0.25, 0.3) is 0 Å². The van der Waals surface area contributed by atoms with Gasteiger partial charge in [-0.1, -0.05) is 213 Å². The first-order valence-electron chi connectivity index (χ1n) is 19.7. The largest absolute Gasteiger partial charge is 0.430 e. The van der Waals surface area contributed by atoms with Crippen molar-refractivity contribution in [3.05, 3.63) is 11.8 Å². The number of allylic oxidation sites excluding steroid dienone is 1. The summed E-state index contributed by atoms with van der Waals surface area (Å²) in [6, 6.07) is 0. The lowest BCUT2D eigenvalue weighted by Crippen LogP contribution is -2.32. The number of ether oxygens (including phenoxy) is 1. The molecule has 0 aliphatic carbocycles. The second-order valence-corrected chi connectivity index (χ2v) is 13.8. The fourth-order valence-corrected chi connectivity index (χ4v) is 6.59. The monoisotopic (exact) mass is 589 g/mol. The molecule has 0 saturated carbocycles. The van der Waals surface area contributed by atoms with Gasteiger partial charge in [-0.3, -0.25) is 4.79 Å². The van der Waals surface area contributed by atoms with Crippen LogP contribution in [0.1, 0.15) is 232 Å². The molecule has 2 heteroatoms. The van der Waals surface area contributed by atoms with Crippen LogP contribution < -0.4 is 0 Å². The third-order valence-corrected chi connectivity index (χ3v) is 9.60. The van der Waals surface area contributed by atoms with Gasteiger partial charge in [0.05, 0.1) is 0 Å². The van der Waals surface area contributed by atoms with E-state index in [-0.39, 0.29) is 11.9 Å². The zero-order chi connectivity index (χ0) is 30.2. The molecule has 248 valence electrons. The summed E-state index contributed by atoms with van der Waals surface area (Å²) in [4.78, 5) is 12.0. The van der Waals surface area contributed by atoms with Gasteiger partial charge < -0.3 is 4.74 Å². The highest BCUT2D eigenvalue weighted by Crippen LogP contribution is 2.32. The number of carbonyl (C=O) groups is 1. The van der Waals surface area contributed by atoms with E-state index in [0.29, 0.717) is 0 Å². The summed E-state index contributed by atoms with van der Waals surface area (Å²) >= 11 is 0. The Morgan fingerprint density at radius 1 is 0.429 bits per heavy atom. The van der Waals surface area contributed by atoms with Gasteiger partial charge in [-0.2, -0.15) is 0 Å². The number of unbranched alkanes of at least 4 members (excludes halogenated alkanes) is 31. The quantitative estimate of drug-likeness (QED) is 0.0552. The molecule has 0 radical (unpaired) electrons. The first kappa shape index (κ1) is 39.2. The molecule has 1 heterocycles. The smallest absolute Gasteiger partial charge is 0.321 e. The predicted molar refractivity (Wildman–Crippen MR) is 186 cm³/mol. The van der Waals surface area contributed by atoms with Crippen LogP contribution in [-0.4, -0.2) is 5.97 Å². The van der Waals surface area contributed by atoms with Gasteiger partial charge >= 0.3 is 5.97 Å². The van der Waals surface area contributed by atoms with Gasteiger partial charge in [-0.05, 0) is 25.3 Å². The Kier molecular flexibility index (Phi) is 29.5. The van der Waals surface area contributed by atoms with E-state index in [1.54, 1.807) is 0 Å². The van der Waals surface area contributed by atoms with Crippen LogP contribution in [0.4, 0.5) is 0 Å². The standard InChI is InChI=1S/C40H76O2/c1-3-5-7-9-11-13-15-17-19-21-23-25-27-29-31-33-35-37-39-38(40(41)42-39)36-34-32-30-28-26-24-22-20-18-16-14-12-10-8-6-4-2/h37-38H,3-36H2,1-2H3. The molecule has 0 aromatic heterocycles. The summed E-state index contributed by atoms with van der Waals surface area (Å²) in [6.07, 6.45) is 49.2. The van der Waals surface area contributed by atoms with Gasteiger partial charge in [0, 0.05) is 0 Å². The van der Waals surface area contributed by atoms with Crippen LogP contribution in [0.5, 0.6) is 0 Å². The van der Waals surface area contributed by atoms with Crippen LogP contribution in [0, 0.1) is 5.92 Å². The van der Waals surface area contributed by atoms with Crippen molar-refractivity contribution in [3.8, 4) is 0 Å². The van der Waals surface area contributed by atoms with E-state index < -0.39 is 0 Å². The minimum atomic E-state index is 0.0224. The molecule has 0 N–H and O–H groups in total. The lowest BCUT2D eigenvalue weighted by atomic mass is 9.93. The molecule has 1 rings (SSSR count). The lowest BCUT2D eigenvalue weighted by Gasteiger charge is -2.28. The van der Waals surface area contributed by atoms with Crippen molar-refractivity contribution in [2.45, 2.75) is 232 Å². The molecule has 1 atom stereocenters. The molecule has 1 unspecified atom stereocenters.